The molecule has 0 radical (unpaired) electrons. The van der Waals surface area contributed by atoms with E-state index in [1.807, 2.05) is 35.7 Å². The van der Waals surface area contributed by atoms with Crippen molar-refractivity contribution in [3.63, 3.8) is 0 Å². The summed E-state index contributed by atoms with van der Waals surface area (Å²) in [7, 11) is 3.81. The number of carbonyl (C=O) groups is 1. The van der Waals surface area contributed by atoms with Crippen LogP contribution in [0.5, 0.6) is 0 Å². The molecule has 3 rings (SSSR count). The lowest BCUT2D eigenvalue weighted by Crippen LogP contribution is -2.50. The van der Waals surface area contributed by atoms with E-state index in [9.17, 15) is 9.18 Å². The first-order valence-corrected chi connectivity index (χ1v) is 10.2. The van der Waals surface area contributed by atoms with Crippen molar-refractivity contribution in [3.8, 4) is 0 Å². The summed E-state index contributed by atoms with van der Waals surface area (Å²) >= 11 is 2.04. The van der Waals surface area contributed by atoms with Crippen LogP contribution in [-0.4, -0.2) is 78.4 Å². The van der Waals surface area contributed by atoms with Crippen molar-refractivity contribution in [2.75, 3.05) is 51.8 Å². The van der Waals surface area contributed by atoms with Gasteiger partial charge in [0.2, 0.25) is 5.91 Å². The van der Waals surface area contributed by atoms with E-state index < -0.39 is 0 Å². The second kappa shape index (κ2) is 8.52. The van der Waals surface area contributed by atoms with E-state index >= 15 is 0 Å². The van der Waals surface area contributed by atoms with Crippen LogP contribution in [-0.2, 0) is 4.79 Å². The molecule has 1 unspecified atom stereocenters. The lowest BCUT2D eigenvalue weighted by molar-refractivity contribution is -0.138. The summed E-state index contributed by atoms with van der Waals surface area (Å²) in [5.74, 6) is 2.32. The van der Waals surface area contributed by atoms with E-state index in [0.717, 1.165) is 31.5 Å². The third-order valence-electron chi connectivity index (χ3n) is 5.27. The van der Waals surface area contributed by atoms with Crippen LogP contribution in [0.2, 0.25) is 0 Å². The van der Waals surface area contributed by atoms with E-state index in [0.29, 0.717) is 6.04 Å². The Bertz CT molecular complexity index is 567. The minimum atomic E-state index is -0.344. The molecule has 1 amide bonds. The molecule has 0 aromatic heterocycles. The molecule has 138 valence electrons. The Labute approximate surface area is 154 Å². The van der Waals surface area contributed by atoms with Crippen molar-refractivity contribution < 1.29 is 9.18 Å². The number of carbonyl (C=O) groups excluding carboxylic acids is 1. The first-order valence-electron chi connectivity index (χ1n) is 9.09. The number of amides is 1. The van der Waals surface area contributed by atoms with E-state index in [1.54, 1.807) is 12.1 Å². The predicted molar refractivity (Wildman–Crippen MR) is 101 cm³/mol. The number of piperidine rings is 1. The van der Waals surface area contributed by atoms with Gasteiger partial charge >= 0.3 is 0 Å². The quantitative estimate of drug-likeness (QED) is 0.819. The molecular weight excluding hydrogens is 337 g/mol. The fourth-order valence-electron chi connectivity index (χ4n) is 3.87. The van der Waals surface area contributed by atoms with Crippen molar-refractivity contribution >= 4 is 17.7 Å². The predicted octanol–water partition coefficient (Wildman–Crippen LogP) is 2.47. The zero-order valence-electron chi connectivity index (χ0n) is 15.2. The first kappa shape index (κ1) is 18.7. The minimum Gasteiger partial charge on any atom is -0.341 e. The van der Waals surface area contributed by atoms with Gasteiger partial charge in [-0.25, -0.2) is 4.39 Å². The number of hydrogen-bond acceptors (Lipinski definition) is 4. The average molecular weight is 366 g/mol. The summed E-state index contributed by atoms with van der Waals surface area (Å²) in [6.45, 7) is 4.00. The van der Waals surface area contributed by atoms with Crippen LogP contribution in [0, 0.1) is 5.82 Å². The molecular formula is C19H28FN3OS. The molecule has 2 aliphatic rings. The van der Waals surface area contributed by atoms with Crippen LogP contribution < -0.4 is 0 Å². The first-order chi connectivity index (χ1) is 12.1. The molecule has 1 aromatic rings. The lowest BCUT2D eigenvalue weighted by atomic mass is 9.99. The molecule has 1 atom stereocenters. The van der Waals surface area contributed by atoms with Gasteiger partial charge in [0.25, 0.3) is 0 Å². The fraction of sp³-hybridized carbons (Fsp3) is 0.632. The van der Waals surface area contributed by atoms with Crippen molar-refractivity contribution in [3.05, 3.63) is 35.6 Å². The summed E-state index contributed by atoms with van der Waals surface area (Å²) in [6, 6.07) is 6.57. The van der Waals surface area contributed by atoms with Gasteiger partial charge in [0.05, 0.1) is 0 Å². The highest BCUT2D eigenvalue weighted by Crippen LogP contribution is 2.25. The van der Waals surface area contributed by atoms with Gasteiger partial charge in [-0.05, 0) is 44.6 Å². The van der Waals surface area contributed by atoms with E-state index in [1.165, 1.54) is 36.7 Å². The third-order valence-corrected chi connectivity index (χ3v) is 6.22. The average Bonchev–Trinajstić information content (AvgIpc) is 2.64. The Hall–Kier alpha value is -1.11. The molecule has 2 aliphatic heterocycles. The van der Waals surface area contributed by atoms with Crippen molar-refractivity contribution in [2.45, 2.75) is 24.9 Å². The largest absolute Gasteiger partial charge is 0.341 e. The van der Waals surface area contributed by atoms with Gasteiger partial charge in [-0.1, -0.05) is 12.1 Å². The highest BCUT2D eigenvalue weighted by atomic mass is 32.2. The van der Waals surface area contributed by atoms with Crippen molar-refractivity contribution in [2.24, 2.45) is 0 Å². The van der Waals surface area contributed by atoms with Gasteiger partial charge in [-0.15, -0.1) is 0 Å². The Morgan fingerprint density at radius 2 is 1.72 bits per heavy atom. The number of hydrogen-bond donors (Lipinski definition) is 0. The van der Waals surface area contributed by atoms with Crippen LogP contribution in [0.1, 0.15) is 24.4 Å². The van der Waals surface area contributed by atoms with Crippen molar-refractivity contribution in [1.82, 2.24) is 14.7 Å². The number of thioether (sulfide) groups is 1. The van der Waals surface area contributed by atoms with Gasteiger partial charge < -0.3 is 4.90 Å². The normalized spacial score (nSPS) is 21.5. The molecule has 0 N–H and O–H groups in total. The molecule has 6 heteroatoms. The number of likely N-dealkylation sites (tertiary alicyclic amines) is 1. The molecule has 0 spiro atoms. The number of rotatable bonds is 4. The van der Waals surface area contributed by atoms with Gasteiger partial charge in [0.1, 0.15) is 11.9 Å². The van der Waals surface area contributed by atoms with E-state index in [-0.39, 0.29) is 17.8 Å². The molecule has 25 heavy (non-hydrogen) atoms. The number of nitrogens with zero attached hydrogens (tertiary/aromatic N) is 3. The summed E-state index contributed by atoms with van der Waals surface area (Å²) < 4.78 is 13.2. The molecule has 4 nitrogen and oxygen atoms in total. The van der Waals surface area contributed by atoms with Crippen LogP contribution in [0.15, 0.2) is 24.3 Å². The number of halogens is 1. The Morgan fingerprint density at radius 1 is 1.12 bits per heavy atom. The van der Waals surface area contributed by atoms with Gasteiger partial charge in [0, 0.05) is 43.7 Å². The number of likely N-dealkylation sites (N-methyl/N-ethyl adjacent to an activating group) is 1. The summed E-state index contributed by atoms with van der Waals surface area (Å²) in [4.78, 5) is 19.6. The maximum atomic E-state index is 13.2. The minimum absolute atomic E-state index is 0.129. The van der Waals surface area contributed by atoms with Crippen LogP contribution in [0.3, 0.4) is 0 Å². The topological polar surface area (TPSA) is 26.8 Å². The molecule has 2 saturated heterocycles. The molecule has 0 aliphatic carbocycles. The summed E-state index contributed by atoms with van der Waals surface area (Å²) in [5.41, 5.74) is 0.853. The van der Waals surface area contributed by atoms with Crippen LogP contribution >= 0.6 is 11.8 Å². The Kier molecular flexibility index (Phi) is 6.36. The summed E-state index contributed by atoms with van der Waals surface area (Å²) in [6.07, 6.45) is 2.11. The zero-order valence-corrected chi connectivity index (χ0v) is 16.0. The molecule has 1 aromatic carbocycles. The molecule has 2 heterocycles. The maximum absolute atomic E-state index is 13.2. The fourth-order valence-corrected chi connectivity index (χ4v) is 4.80. The smallest absolute Gasteiger partial charge is 0.244 e. The van der Waals surface area contributed by atoms with E-state index in [2.05, 4.69) is 4.90 Å². The second-order valence-electron chi connectivity index (χ2n) is 7.12. The standard InChI is InChI=1S/C19H28FN3OS/c1-21(2)18(15-3-5-16(20)6-4-15)19(24)23-9-7-17(8-10-23)22-11-13-25-14-12-22/h3-6,17-18H,7-14H2,1-2H3. The molecule has 0 saturated carbocycles. The zero-order chi connectivity index (χ0) is 17.8. The highest BCUT2D eigenvalue weighted by Gasteiger charge is 2.32. The Morgan fingerprint density at radius 3 is 2.28 bits per heavy atom. The van der Waals surface area contributed by atoms with Crippen molar-refractivity contribution in [1.29, 1.82) is 0 Å². The molecule has 0 bridgehead atoms. The van der Waals surface area contributed by atoms with Crippen LogP contribution in [0.4, 0.5) is 4.39 Å². The SMILES string of the molecule is CN(C)C(C(=O)N1CCC(N2CCSCC2)CC1)c1ccc(F)cc1. The number of benzene rings is 1. The van der Waals surface area contributed by atoms with E-state index in [4.69, 9.17) is 0 Å². The third kappa shape index (κ3) is 4.54. The van der Waals surface area contributed by atoms with Gasteiger partial charge in [-0.2, -0.15) is 11.8 Å². The second-order valence-corrected chi connectivity index (χ2v) is 8.35. The van der Waals surface area contributed by atoms with Gasteiger partial charge in [-0.3, -0.25) is 14.6 Å². The highest BCUT2D eigenvalue weighted by molar-refractivity contribution is 7.99. The lowest BCUT2D eigenvalue weighted by Gasteiger charge is -2.41. The summed E-state index contributed by atoms with van der Waals surface area (Å²) in [5, 5.41) is 0. The Balaban J connectivity index is 1.62. The monoisotopic (exact) mass is 365 g/mol. The van der Waals surface area contributed by atoms with Gasteiger partial charge in [0.15, 0.2) is 0 Å². The van der Waals surface area contributed by atoms with Crippen LogP contribution in [0.25, 0.3) is 0 Å². The molecule has 2 fully saturated rings. The maximum Gasteiger partial charge on any atom is 0.244 e.